The topological polar surface area (TPSA) is 108 Å². The van der Waals surface area contributed by atoms with Crippen LogP contribution in [0.2, 0.25) is 0 Å². The summed E-state index contributed by atoms with van der Waals surface area (Å²) in [6, 6.07) is 7.97. The molecule has 0 bridgehead atoms. The standard InChI is InChI=1S/C27H31N7O2S/c1-4-21(8-7-19(2)17-33-12-14-34(15-13-33)20(3)35)18-36-27-30-11-9-23(32-27)22(16-28)25-31-24-6-5-10-29-26(24)37-25/h4-6,9-11,22H,2,7-8,12-15,17-18H2,1,3H3. The number of fused-ring (bicyclic) bond motifs is 1. The molecule has 1 aliphatic heterocycles. The maximum atomic E-state index is 11.5. The van der Waals surface area contributed by atoms with Gasteiger partial charge in [0.15, 0.2) is 0 Å². The van der Waals surface area contributed by atoms with Gasteiger partial charge in [0.2, 0.25) is 5.91 Å². The Morgan fingerprint density at radius 1 is 1.22 bits per heavy atom. The van der Waals surface area contributed by atoms with Gasteiger partial charge in [-0.3, -0.25) is 9.69 Å². The lowest BCUT2D eigenvalue weighted by Gasteiger charge is -2.34. The second kappa shape index (κ2) is 12.5. The molecule has 0 radical (unpaired) electrons. The van der Waals surface area contributed by atoms with E-state index in [1.54, 1.807) is 25.4 Å². The number of carbonyl (C=O) groups is 1. The third kappa shape index (κ3) is 6.96. The van der Waals surface area contributed by atoms with Crippen molar-refractivity contribution >= 4 is 27.6 Å². The molecule has 0 N–H and O–H groups in total. The smallest absolute Gasteiger partial charge is 0.316 e. The fourth-order valence-corrected chi connectivity index (χ4v) is 5.12. The lowest BCUT2D eigenvalue weighted by molar-refractivity contribution is -0.130. The number of aromatic nitrogens is 4. The summed E-state index contributed by atoms with van der Waals surface area (Å²) in [7, 11) is 0. The summed E-state index contributed by atoms with van der Waals surface area (Å²) in [6.45, 7) is 12.4. The normalized spacial score (nSPS) is 15.4. The zero-order valence-electron chi connectivity index (χ0n) is 21.3. The van der Waals surface area contributed by atoms with Crippen LogP contribution in [0.1, 0.15) is 43.3 Å². The molecule has 4 heterocycles. The first-order valence-electron chi connectivity index (χ1n) is 12.3. The van der Waals surface area contributed by atoms with Crippen molar-refractivity contribution in [3.63, 3.8) is 0 Å². The van der Waals surface area contributed by atoms with Crippen LogP contribution in [0.4, 0.5) is 0 Å². The average Bonchev–Trinajstić information content (AvgIpc) is 3.33. The van der Waals surface area contributed by atoms with Crippen molar-refractivity contribution < 1.29 is 9.53 Å². The lowest BCUT2D eigenvalue weighted by atomic mass is 10.1. The number of nitrogens with zero attached hydrogens (tertiary/aromatic N) is 7. The predicted molar refractivity (Wildman–Crippen MR) is 143 cm³/mol. The van der Waals surface area contributed by atoms with Gasteiger partial charge in [-0.1, -0.05) is 29.6 Å². The summed E-state index contributed by atoms with van der Waals surface area (Å²) in [5, 5.41) is 10.5. The lowest BCUT2D eigenvalue weighted by Crippen LogP contribution is -2.48. The molecule has 1 unspecified atom stereocenters. The molecule has 1 saturated heterocycles. The summed E-state index contributed by atoms with van der Waals surface area (Å²) in [5.74, 6) is -0.478. The highest BCUT2D eigenvalue weighted by atomic mass is 32.1. The van der Waals surface area contributed by atoms with Crippen molar-refractivity contribution in [3.8, 4) is 12.1 Å². The van der Waals surface area contributed by atoms with Crippen LogP contribution in [-0.2, 0) is 4.79 Å². The first-order chi connectivity index (χ1) is 18.0. The molecular weight excluding hydrogens is 486 g/mol. The van der Waals surface area contributed by atoms with Crippen LogP contribution in [0.25, 0.3) is 10.3 Å². The molecule has 0 aliphatic carbocycles. The minimum atomic E-state index is -0.619. The van der Waals surface area contributed by atoms with Crippen LogP contribution in [0.15, 0.2) is 54.4 Å². The van der Waals surface area contributed by atoms with E-state index in [0.717, 1.165) is 67.1 Å². The summed E-state index contributed by atoms with van der Waals surface area (Å²) >= 11 is 1.39. The molecule has 3 aromatic heterocycles. The number of allylic oxidation sites excluding steroid dienone is 1. The molecule has 0 saturated carbocycles. The minimum absolute atomic E-state index is 0.142. The molecule has 4 rings (SSSR count). The molecule has 9 nitrogen and oxygen atoms in total. The number of amides is 1. The van der Waals surface area contributed by atoms with Gasteiger partial charge < -0.3 is 9.64 Å². The largest absolute Gasteiger partial charge is 0.459 e. The molecule has 37 heavy (non-hydrogen) atoms. The molecule has 0 aromatic carbocycles. The molecule has 1 atom stereocenters. The van der Waals surface area contributed by atoms with Gasteiger partial charge in [0.05, 0.1) is 11.8 Å². The number of ether oxygens (including phenoxy) is 1. The average molecular weight is 518 g/mol. The van der Waals surface area contributed by atoms with Gasteiger partial charge in [0.25, 0.3) is 0 Å². The van der Waals surface area contributed by atoms with Gasteiger partial charge in [-0.05, 0) is 43.5 Å². The van der Waals surface area contributed by atoms with Crippen LogP contribution in [-0.4, -0.2) is 75.0 Å². The highest BCUT2D eigenvalue weighted by Crippen LogP contribution is 2.30. The van der Waals surface area contributed by atoms with Crippen molar-refractivity contribution in [1.82, 2.24) is 29.7 Å². The first-order valence-corrected chi connectivity index (χ1v) is 13.1. The van der Waals surface area contributed by atoms with Crippen molar-refractivity contribution in [2.45, 2.75) is 32.6 Å². The Labute approximate surface area is 221 Å². The molecule has 10 heteroatoms. The Morgan fingerprint density at radius 3 is 2.73 bits per heavy atom. The van der Waals surface area contributed by atoms with Gasteiger partial charge in [-0.2, -0.15) is 10.2 Å². The van der Waals surface area contributed by atoms with Crippen molar-refractivity contribution in [1.29, 1.82) is 5.26 Å². The fraction of sp³-hybridized carbons (Fsp3) is 0.407. The zero-order chi connectivity index (χ0) is 26.2. The van der Waals surface area contributed by atoms with Crippen LogP contribution < -0.4 is 4.74 Å². The Balaban J connectivity index is 1.29. The third-order valence-corrected chi connectivity index (χ3v) is 7.41. The number of hydrogen-bond donors (Lipinski definition) is 0. The summed E-state index contributed by atoms with van der Waals surface area (Å²) in [5.41, 5.74) is 3.61. The van der Waals surface area contributed by atoms with Gasteiger partial charge in [0.1, 0.15) is 27.9 Å². The van der Waals surface area contributed by atoms with Crippen molar-refractivity contribution in [2.24, 2.45) is 0 Å². The highest BCUT2D eigenvalue weighted by molar-refractivity contribution is 7.18. The third-order valence-electron chi connectivity index (χ3n) is 6.37. The Morgan fingerprint density at radius 2 is 2.03 bits per heavy atom. The number of nitriles is 1. The molecular formula is C27H31N7O2S. The van der Waals surface area contributed by atoms with E-state index >= 15 is 0 Å². The number of rotatable bonds is 10. The zero-order valence-corrected chi connectivity index (χ0v) is 22.1. The van der Waals surface area contributed by atoms with E-state index in [2.05, 4.69) is 43.6 Å². The molecule has 1 fully saturated rings. The minimum Gasteiger partial charge on any atom is -0.459 e. The number of hydrogen-bond acceptors (Lipinski definition) is 9. The predicted octanol–water partition coefficient (Wildman–Crippen LogP) is 3.96. The number of piperazine rings is 1. The van der Waals surface area contributed by atoms with E-state index in [4.69, 9.17) is 4.74 Å². The van der Waals surface area contributed by atoms with E-state index in [1.165, 1.54) is 11.3 Å². The number of pyridine rings is 1. The van der Waals surface area contributed by atoms with E-state index in [-0.39, 0.29) is 11.9 Å². The van der Waals surface area contributed by atoms with Crippen molar-refractivity contribution in [2.75, 3.05) is 39.3 Å². The fourth-order valence-electron chi connectivity index (χ4n) is 4.15. The summed E-state index contributed by atoms with van der Waals surface area (Å²) in [4.78, 5) is 34.2. The second-order valence-corrected chi connectivity index (χ2v) is 9.98. The quantitative estimate of drug-likeness (QED) is 0.372. The maximum Gasteiger partial charge on any atom is 0.316 e. The maximum absolute atomic E-state index is 11.5. The highest BCUT2D eigenvalue weighted by Gasteiger charge is 2.21. The summed E-state index contributed by atoms with van der Waals surface area (Å²) in [6.07, 6.45) is 7.07. The van der Waals surface area contributed by atoms with E-state index in [1.807, 2.05) is 24.0 Å². The van der Waals surface area contributed by atoms with Gasteiger partial charge in [-0.25, -0.2) is 15.0 Å². The van der Waals surface area contributed by atoms with Crippen LogP contribution in [0, 0.1) is 11.3 Å². The van der Waals surface area contributed by atoms with E-state index < -0.39 is 5.92 Å². The Kier molecular flexibility index (Phi) is 8.93. The van der Waals surface area contributed by atoms with Crippen LogP contribution >= 0.6 is 11.3 Å². The molecule has 1 aliphatic rings. The molecule has 0 spiro atoms. The number of thiazole rings is 1. The number of carbonyl (C=O) groups excluding carboxylic acids is 1. The van der Waals surface area contributed by atoms with E-state index in [9.17, 15) is 10.1 Å². The van der Waals surface area contributed by atoms with Gasteiger partial charge in [0, 0.05) is 52.0 Å². The SMILES string of the molecule is C=C(CCC(=CC)COc1nccc(C(C#N)c2nc3cccnc3s2)n1)CN1CCN(C(C)=O)CC1. The van der Waals surface area contributed by atoms with Gasteiger partial charge in [-0.15, -0.1) is 0 Å². The Bertz CT molecular complexity index is 1290. The monoisotopic (exact) mass is 517 g/mol. The Hall–Kier alpha value is -3.68. The summed E-state index contributed by atoms with van der Waals surface area (Å²) < 4.78 is 5.90. The molecule has 1 amide bonds. The second-order valence-electron chi connectivity index (χ2n) is 8.97. The van der Waals surface area contributed by atoms with Crippen LogP contribution in [0.3, 0.4) is 0 Å². The first kappa shape index (κ1) is 26.4. The molecule has 192 valence electrons. The van der Waals surface area contributed by atoms with Crippen molar-refractivity contribution in [3.05, 3.63) is 65.1 Å². The van der Waals surface area contributed by atoms with E-state index in [0.29, 0.717) is 17.3 Å². The van der Waals surface area contributed by atoms with Crippen LogP contribution in [0.5, 0.6) is 6.01 Å². The molecule has 3 aromatic rings. The van der Waals surface area contributed by atoms with Gasteiger partial charge >= 0.3 is 6.01 Å².